The number of nitriles is 1. The lowest BCUT2D eigenvalue weighted by molar-refractivity contribution is -0.130. The summed E-state index contributed by atoms with van der Waals surface area (Å²) >= 11 is 0. The first kappa shape index (κ1) is 12.2. The molecule has 1 fully saturated rings. The van der Waals surface area contributed by atoms with Gasteiger partial charge < -0.3 is 0 Å². The lowest BCUT2D eigenvalue weighted by Gasteiger charge is -2.23. The summed E-state index contributed by atoms with van der Waals surface area (Å²) in [7, 11) is 0. The third-order valence-electron chi connectivity index (χ3n) is 3.59. The van der Waals surface area contributed by atoms with E-state index in [2.05, 4.69) is 19.9 Å². The number of Topliss-reactive ketones (excluding diaryl/α,β-unsaturated/α-hetero) is 1. The highest BCUT2D eigenvalue weighted by molar-refractivity contribution is 5.94. The van der Waals surface area contributed by atoms with Crippen LogP contribution in [0, 0.1) is 28.1 Å². The van der Waals surface area contributed by atoms with Crippen LogP contribution in [0.3, 0.4) is 0 Å². The first-order chi connectivity index (χ1) is 6.84. The van der Waals surface area contributed by atoms with E-state index in [1.54, 1.807) is 0 Å². The molecular weight excluding hydrogens is 186 g/mol. The van der Waals surface area contributed by atoms with Gasteiger partial charge in [0, 0.05) is 5.41 Å². The predicted octanol–water partition coefficient (Wildman–Crippen LogP) is 3.32. The van der Waals surface area contributed by atoms with Gasteiger partial charge in [-0.1, -0.05) is 27.7 Å². The molecule has 0 aromatic carbocycles. The third kappa shape index (κ3) is 2.22. The van der Waals surface area contributed by atoms with E-state index in [0.29, 0.717) is 5.92 Å². The second-order valence-corrected chi connectivity index (χ2v) is 5.84. The minimum atomic E-state index is -0.673. The van der Waals surface area contributed by atoms with E-state index in [4.69, 9.17) is 0 Å². The van der Waals surface area contributed by atoms with Crippen molar-refractivity contribution in [3.63, 3.8) is 0 Å². The molecule has 1 unspecified atom stereocenters. The van der Waals surface area contributed by atoms with Crippen molar-refractivity contribution >= 4 is 5.78 Å². The van der Waals surface area contributed by atoms with Gasteiger partial charge in [0.1, 0.15) is 5.41 Å². The summed E-state index contributed by atoms with van der Waals surface area (Å²) in [5.41, 5.74) is -0.958. The Labute approximate surface area is 92.7 Å². The number of carbonyl (C=O) groups is 1. The highest BCUT2D eigenvalue weighted by Gasteiger charge is 2.51. The van der Waals surface area contributed by atoms with Crippen LogP contribution in [0.5, 0.6) is 0 Å². The Morgan fingerprint density at radius 1 is 1.40 bits per heavy atom. The molecule has 0 heterocycles. The monoisotopic (exact) mass is 207 g/mol. The molecule has 0 N–H and O–H groups in total. The largest absolute Gasteiger partial charge is 0.297 e. The molecule has 0 amide bonds. The van der Waals surface area contributed by atoms with Crippen LogP contribution >= 0.6 is 0 Å². The second kappa shape index (κ2) is 3.96. The van der Waals surface area contributed by atoms with Gasteiger partial charge in [-0.05, 0) is 31.6 Å². The van der Waals surface area contributed by atoms with Crippen molar-refractivity contribution in [1.29, 1.82) is 5.26 Å². The summed E-state index contributed by atoms with van der Waals surface area (Å²) in [5, 5.41) is 9.26. The summed E-state index contributed by atoms with van der Waals surface area (Å²) in [6, 6.07) is 2.29. The standard InChI is InChI=1S/C13H21NO/c1-10(2)5-6-13(9-14)8-7-12(3,4)11(13)15/h10H,5-8H2,1-4H3. The number of ketones is 1. The summed E-state index contributed by atoms with van der Waals surface area (Å²) in [6.45, 7) is 8.19. The van der Waals surface area contributed by atoms with Crippen molar-refractivity contribution in [2.45, 2.75) is 53.4 Å². The number of hydrogen-bond acceptors (Lipinski definition) is 2. The smallest absolute Gasteiger partial charge is 0.158 e. The van der Waals surface area contributed by atoms with Crippen LogP contribution in [0.2, 0.25) is 0 Å². The summed E-state index contributed by atoms with van der Waals surface area (Å²) in [4.78, 5) is 12.2. The lowest BCUT2D eigenvalue weighted by Crippen LogP contribution is -2.31. The average Bonchev–Trinajstić information content (AvgIpc) is 2.39. The zero-order valence-electron chi connectivity index (χ0n) is 10.3. The number of rotatable bonds is 3. The average molecular weight is 207 g/mol. The quantitative estimate of drug-likeness (QED) is 0.712. The molecule has 0 saturated heterocycles. The Kier molecular flexibility index (Phi) is 3.23. The Morgan fingerprint density at radius 2 is 2.00 bits per heavy atom. The molecular formula is C13H21NO. The van der Waals surface area contributed by atoms with Crippen molar-refractivity contribution in [3.8, 4) is 6.07 Å². The second-order valence-electron chi connectivity index (χ2n) is 5.84. The zero-order chi connectivity index (χ0) is 11.7. The summed E-state index contributed by atoms with van der Waals surface area (Å²) < 4.78 is 0. The highest BCUT2D eigenvalue weighted by Crippen LogP contribution is 2.48. The first-order valence-electron chi connectivity index (χ1n) is 5.80. The van der Waals surface area contributed by atoms with E-state index in [-0.39, 0.29) is 11.2 Å². The van der Waals surface area contributed by atoms with Crippen LogP contribution in [0.4, 0.5) is 0 Å². The summed E-state index contributed by atoms with van der Waals surface area (Å²) in [5.74, 6) is 0.727. The topological polar surface area (TPSA) is 40.9 Å². The van der Waals surface area contributed by atoms with Crippen LogP contribution < -0.4 is 0 Å². The number of hydrogen-bond donors (Lipinski definition) is 0. The summed E-state index contributed by atoms with van der Waals surface area (Å²) in [6.07, 6.45) is 3.32. The van der Waals surface area contributed by atoms with Crippen LogP contribution in [0.1, 0.15) is 53.4 Å². The van der Waals surface area contributed by atoms with E-state index < -0.39 is 5.41 Å². The number of nitrogens with zero attached hydrogens (tertiary/aromatic N) is 1. The van der Waals surface area contributed by atoms with Gasteiger partial charge in [-0.3, -0.25) is 4.79 Å². The Morgan fingerprint density at radius 3 is 2.33 bits per heavy atom. The van der Waals surface area contributed by atoms with Crippen molar-refractivity contribution < 1.29 is 4.79 Å². The fourth-order valence-corrected chi connectivity index (χ4v) is 2.34. The van der Waals surface area contributed by atoms with E-state index >= 15 is 0 Å². The van der Waals surface area contributed by atoms with Crippen molar-refractivity contribution in [2.75, 3.05) is 0 Å². The Bertz CT molecular complexity index is 298. The number of carbonyl (C=O) groups excluding carboxylic acids is 1. The van der Waals surface area contributed by atoms with Crippen LogP contribution in [0.15, 0.2) is 0 Å². The molecule has 1 atom stereocenters. The molecule has 0 aromatic rings. The lowest BCUT2D eigenvalue weighted by atomic mass is 9.77. The van der Waals surface area contributed by atoms with E-state index in [1.165, 1.54) is 0 Å². The van der Waals surface area contributed by atoms with Crippen LogP contribution in [0.25, 0.3) is 0 Å². The van der Waals surface area contributed by atoms with Crippen LogP contribution in [-0.4, -0.2) is 5.78 Å². The van der Waals surface area contributed by atoms with Gasteiger partial charge in [0.15, 0.2) is 5.78 Å². The van der Waals surface area contributed by atoms with Gasteiger partial charge in [0.05, 0.1) is 6.07 Å². The third-order valence-corrected chi connectivity index (χ3v) is 3.59. The zero-order valence-corrected chi connectivity index (χ0v) is 10.3. The van der Waals surface area contributed by atoms with Crippen molar-refractivity contribution in [2.24, 2.45) is 16.7 Å². The molecule has 0 aliphatic heterocycles. The SMILES string of the molecule is CC(C)CCC1(C#N)CCC(C)(C)C1=O. The predicted molar refractivity (Wildman–Crippen MR) is 60.1 cm³/mol. The van der Waals surface area contributed by atoms with Gasteiger partial charge in [0.25, 0.3) is 0 Å². The molecule has 0 bridgehead atoms. The maximum atomic E-state index is 12.2. The highest BCUT2D eigenvalue weighted by atomic mass is 16.1. The maximum Gasteiger partial charge on any atom is 0.158 e. The molecule has 15 heavy (non-hydrogen) atoms. The van der Waals surface area contributed by atoms with Crippen molar-refractivity contribution in [1.82, 2.24) is 0 Å². The molecule has 0 radical (unpaired) electrons. The molecule has 1 aliphatic carbocycles. The Hall–Kier alpha value is -0.840. The molecule has 1 aliphatic rings. The van der Waals surface area contributed by atoms with Crippen LogP contribution in [-0.2, 0) is 4.79 Å². The fraction of sp³-hybridized carbons (Fsp3) is 0.846. The van der Waals surface area contributed by atoms with Gasteiger partial charge in [-0.15, -0.1) is 0 Å². The van der Waals surface area contributed by atoms with Crippen molar-refractivity contribution in [3.05, 3.63) is 0 Å². The molecule has 1 rings (SSSR count). The molecule has 84 valence electrons. The van der Waals surface area contributed by atoms with E-state index in [1.807, 2.05) is 13.8 Å². The molecule has 0 aromatic heterocycles. The Balaban J connectivity index is 2.81. The molecule has 2 nitrogen and oxygen atoms in total. The van der Waals surface area contributed by atoms with Gasteiger partial charge in [-0.25, -0.2) is 0 Å². The van der Waals surface area contributed by atoms with Gasteiger partial charge in [0.2, 0.25) is 0 Å². The normalized spacial score (nSPS) is 29.5. The molecule has 1 saturated carbocycles. The minimum Gasteiger partial charge on any atom is -0.297 e. The van der Waals surface area contributed by atoms with Gasteiger partial charge >= 0.3 is 0 Å². The first-order valence-corrected chi connectivity index (χ1v) is 5.80. The van der Waals surface area contributed by atoms with Gasteiger partial charge in [-0.2, -0.15) is 5.26 Å². The van der Waals surface area contributed by atoms with E-state index in [9.17, 15) is 10.1 Å². The maximum absolute atomic E-state index is 12.2. The minimum absolute atomic E-state index is 0.165. The fourth-order valence-electron chi connectivity index (χ4n) is 2.34. The van der Waals surface area contributed by atoms with E-state index in [0.717, 1.165) is 25.7 Å². The molecule has 2 heteroatoms. The molecule has 0 spiro atoms.